The number of piperidine rings is 1. The minimum Gasteiger partial charge on any atom is -0.484 e. The van der Waals surface area contributed by atoms with Crippen LogP contribution >= 0.6 is 0 Å². The average molecular weight is 306 g/mol. The van der Waals surface area contributed by atoms with E-state index in [1.54, 1.807) is 0 Å². The number of rotatable bonds is 7. The Morgan fingerprint density at radius 3 is 2.59 bits per heavy atom. The molecular formula is C17H26N2O3. The fourth-order valence-corrected chi connectivity index (χ4v) is 2.67. The molecule has 1 fully saturated rings. The van der Waals surface area contributed by atoms with Gasteiger partial charge in [0.1, 0.15) is 5.75 Å². The SMILES string of the molecule is CCNC(=O)COc1ccc(CN2CCC(CO)CC2)cc1. The summed E-state index contributed by atoms with van der Waals surface area (Å²) in [5.41, 5.74) is 1.24. The van der Waals surface area contributed by atoms with Crippen LogP contribution in [0.1, 0.15) is 25.3 Å². The van der Waals surface area contributed by atoms with Gasteiger partial charge >= 0.3 is 0 Å². The Hall–Kier alpha value is -1.59. The standard InChI is InChI=1S/C17H26N2O3/c1-2-18-17(21)13-22-16-5-3-14(4-6-16)11-19-9-7-15(12-20)8-10-19/h3-6,15,20H,2,7-13H2,1H3,(H,18,21). The maximum atomic E-state index is 11.3. The zero-order valence-electron chi connectivity index (χ0n) is 13.3. The number of nitrogens with one attached hydrogen (secondary N) is 1. The van der Waals surface area contributed by atoms with Crippen molar-refractivity contribution in [3.8, 4) is 5.75 Å². The molecule has 1 heterocycles. The highest BCUT2D eigenvalue weighted by molar-refractivity contribution is 5.77. The van der Waals surface area contributed by atoms with Crippen molar-refractivity contribution in [3.63, 3.8) is 0 Å². The summed E-state index contributed by atoms with van der Waals surface area (Å²) in [6.45, 7) is 5.88. The molecule has 0 saturated carbocycles. The first-order chi connectivity index (χ1) is 10.7. The normalized spacial score (nSPS) is 16.5. The lowest BCUT2D eigenvalue weighted by atomic mass is 9.97. The van der Waals surface area contributed by atoms with E-state index < -0.39 is 0 Å². The number of aliphatic hydroxyl groups is 1. The van der Waals surface area contributed by atoms with Crippen LogP contribution < -0.4 is 10.1 Å². The predicted octanol–water partition coefficient (Wildman–Crippen LogP) is 1.41. The smallest absolute Gasteiger partial charge is 0.257 e. The summed E-state index contributed by atoms with van der Waals surface area (Å²) in [6.07, 6.45) is 2.15. The number of carbonyl (C=O) groups is 1. The zero-order chi connectivity index (χ0) is 15.8. The van der Waals surface area contributed by atoms with E-state index in [4.69, 9.17) is 9.84 Å². The van der Waals surface area contributed by atoms with E-state index in [0.717, 1.165) is 32.5 Å². The van der Waals surface area contributed by atoms with E-state index in [1.165, 1.54) is 5.56 Å². The van der Waals surface area contributed by atoms with Crippen molar-refractivity contribution in [2.45, 2.75) is 26.3 Å². The number of hydrogen-bond donors (Lipinski definition) is 2. The molecule has 1 aromatic carbocycles. The number of nitrogens with zero attached hydrogens (tertiary/aromatic N) is 1. The zero-order valence-corrected chi connectivity index (χ0v) is 13.3. The van der Waals surface area contributed by atoms with Gasteiger partial charge < -0.3 is 15.2 Å². The summed E-state index contributed by atoms with van der Waals surface area (Å²) in [5, 5.41) is 11.9. The van der Waals surface area contributed by atoms with E-state index in [1.807, 2.05) is 31.2 Å². The molecule has 5 heteroatoms. The highest BCUT2D eigenvalue weighted by Gasteiger charge is 2.18. The predicted molar refractivity (Wildman–Crippen MR) is 85.7 cm³/mol. The van der Waals surface area contributed by atoms with Gasteiger partial charge in [0.25, 0.3) is 5.91 Å². The van der Waals surface area contributed by atoms with Crippen molar-refractivity contribution in [2.24, 2.45) is 5.92 Å². The average Bonchev–Trinajstić information content (AvgIpc) is 2.55. The summed E-state index contributed by atoms with van der Waals surface area (Å²) >= 11 is 0. The number of likely N-dealkylation sites (N-methyl/N-ethyl adjacent to an activating group) is 1. The van der Waals surface area contributed by atoms with Crippen molar-refractivity contribution < 1.29 is 14.6 Å². The number of aliphatic hydroxyl groups excluding tert-OH is 1. The number of ether oxygens (including phenoxy) is 1. The quantitative estimate of drug-likeness (QED) is 0.799. The summed E-state index contributed by atoms with van der Waals surface area (Å²) < 4.78 is 5.44. The molecular weight excluding hydrogens is 280 g/mol. The fourth-order valence-electron chi connectivity index (χ4n) is 2.67. The molecule has 0 aromatic heterocycles. The van der Waals surface area contributed by atoms with Gasteiger partial charge in [-0.3, -0.25) is 9.69 Å². The Balaban J connectivity index is 1.76. The van der Waals surface area contributed by atoms with Crippen LogP contribution in [-0.2, 0) is 11.3 Å². The first kappa shape index (κ1) is 16.8. The maximum Gasteiger partial charge on any atom is 0.257 e. The topological polar surface area (TPSA) is 61.8 Å². The lowest BCUT2D eigenvalue weighted by Gasteiger charge is -2.31. The van der Waals surface area contributed by atoms with Crippen LogP contribution in [0.15, 0.2) is 24.3 Å². The first-order valence-electron chi connectivity index (χ1n) is 8.03. The lowest BCUT2D eigenvalue weighted by molar-refractivity contribution is -0.122. The number of amides is 1. The third-order valence-corrected chi connectivity index (χ3v) is 4.04. The molecule has 22 heavy (non-hydrogen) atoms. The summed E-state index contributed by atoms with van der Waals surface area (Å²) in [6, 6.07) is 7.92. The Kier molecular flexibility index (Phi) is 6.68. The molecule has 0 radical (unpaired) electrons. The summed E-state index contributed by atoms with van der Waals surface area (Å²) in [5.74, 6) is 1.09. The molecule has 1 saturated heterocycles. The van der Waals surface area contributed by atoms with Crippen LogP contribution in [0.25, 0.3) is 0 Å². The molecule has 1 aromatic rings. The molecule has 1 aliphatic heterocycles. The Labute approximate surface area is 132 Å². The number of carbonyl (C=O) groups excluding carboxylic acids is 1. The Morgan fingerprint density at radius 2 is 2.00 bits per heavy atom. The van der Waals surface area contributed by atoms with Gasteiger partial charge in [-0.25, -0.2) is 0 Å². The van der Waals surface area contributed by atoms with Gasteiger partial charge in [-0.1, -0.05) is 12.1 Å². The number of likely N-dealkylation sites (tertiary alicyclic amines) is 1. The molecule has 2 N–H and O–H groups in total. The second-order valence-corrected chi connectivity index (χ2v) is 5.79. The third kappa shape index (κ3) is 5.31. The number of hydrogen-bond acceptors (Lipinski definition) is 4. The maximum absolute atomic E-state index is 11.3. The second kappa shape index (κ2) is 8.76. The Morgan fingerprint density at radius 1 is 1.32 bits per heavy atom. The van der Waals surface area contributed by atoms with E-state index in [0.29, 0.717) is 24.8 Å². The monoisotopic (exact) mass is 306 g/mol. The minimum atomic E-state index is -0.0988. The van der Waals surface area contributed by atoms with Gasteiger partial charge in [0, 0.05) is 19.7 Å². The van der Waals surface area contributed by atoms with Crippen LogP contribution in [0.2, 0.25) is 0 Å². The second-order valence-electron chi connectivity index (χ2n) is 5.79. The highest BCUT2D eigenvalue weighted by Crippen LogP contribution is 2.19. The van der Waals surface area contributed by atoms with Crippen LogP contribution in [0.3, 0.4) is 0 Å². The third-order valence-electron chi connectivity index (χ3n) is 4.04. The van der Waals surface area contributed by atoms with Crippen LogP contribution in [0.4, 0.5) is 0 Å². The molecule has 2 rings (SSSR count). The molecule has 0 spiro atoms. The molecule has 122 valence electrons. The molecule has 0 bridgehead atoms. The van der Waals surface area contributed by atoms with E-state index in [-0.39, 0.29) is 12.5 Å². The van der Waals surface area contributed by atoms with Gasteiger partial charge in [0.05, 0.1) is 0 Å². The van der Waals surface area contributed by atoms with E-state index in [2.05, 4.69) is 10.2 Å². The molecule has 0 atom stereocenters. The molecule has 1 aliphatic rings. The van der Waals surface area contributed by atoms with E-state index in [9.17, 15) is 4.79 Å². The van der Waals surface area contributed by atoms with E-state index >= 15 is 0 Å². The number of benzene rings is 1. The van der Waals surface area contributed by atoms with Crippen molar-refractivity contribution in [1.29, 1.82) is 0 Å². The van der Waals surface area contributed by atoms with Crippen LogP contribution in [0, 0.1) is 5.92 Å². The lowest BCUT2D eigenvalue weighted by Crippen LogP contribution is -2.34. The molecule has 0 aliphatic carbocycles. The summed E-state index contributed by atoms with van der Waals surface area (Å²) in [4.78, 5) is 13.8. The van der Waals surface area contributed by atoms with Gasteiger partial charge in [0.2, 0.25) is 0 Å². The van der Waals surface area contributed by atoms with Crippen LogP contribution in [0.5, 0.6) is 5.75 Å². The van der Waals surface area contributed by atoms with Crippen LogP contribution in [-0.4, -0.2) is 48.8 Å². The largest absolute Gasteiger partial charge is 0.484 e. The molecule has 1 amide bonds. The van der Waals surface area contributed by atoms with Crippen molar-refractivity contribution in [3.05, 3.63) is 29.8 Å². The summed E-state index contributed by atoms with van der Waals surface area (Å²) in [7, 11) is 0. The first-order valence-corrected chi connectivity index (χ1v) is 8.03. The van der Waals surface area contributed by atoms with Gasteiger partial charge in [0.15, 0.2) is 6.61 Å². The highest BCUT2D eigenvalue weighted by atomic mass is 16.5. The van der Waals surface area contributed by atoms with Gasteiger partial charge in [-0.2, -0.15) is 0 Å². The fraction of sp³-hybridized carbons (Fsp3) is 0.588. The van der Waals surface area contributed by atoms with Crippen molar-refractivity contribution in [2.75, 3.05) is 32.8 Å². The molecule has 5 nitrogen and oxygen atoms in total. The molecule has 0 unspecified atom stereocenters. The minimum absolute atomic E-state index is 0.0574. The van der Waals surface area contributed by atoms with Gasteiger partial charge in [-0.05, 0) is 56.5 Å². The Bertz CT molecular complexity index is 453. The van der Waals surface area contributed by atoms with Crippen molar-refractivity contribution >= 4 is 5.91 Å². The van der Waals surface area contributed by atoms with Crippen molar-refractivity contribution in [1.82, 2.24) is 10.2 Å². The van der Waals surface area contributed by atoms with Gasteiger partial charge in [-0.15, -0.1) is 0 Å².